The largest absolute Gasteiger partial charge is 0.352 e. The van der Waals surface area contributed by atoms with Crippen molar-refractivity contribution in [1.29, 1.82) is 0 Å². The fourth-order valence-corrected chi connectivity index (χ4v) is 1.90. The van der Waals surface area contributed by atoms with Crippen LogP contribution >= 0.6 is 0 Å². The Balaban J connectivity index is 2.06. The van der Waals surface area contributed by atoms with Gasteiger partial charge >= 0.3 is 0 Å². The van der Waals surface area contributed by atoms with E-state index in [0.29, 0.717) is 24.9 Å². The second-order valence-electron chi connectivity index (χ2n) is 5.01. The predicted molar refractivity (Wildman–Crippen MR) is 70.9 cm³/mol. The van der Waals surface area contributed by atoms with Crippen LogP contribution in [0.2, 0.25) is 0 Å². The van der Waals surface area contributed by atoms with Crippen LogP contribution in [-0.4, -0.2) is 30.9 Å². The first-order valence-corrected chi connectivity index (χ1v) is 6.91. The summed E-state index contributed by atoms with van der Waals surface area (Å²) in [6.07, 6.45) is 5.48. The number of nitrogens with two attached hydrogens (primary N) is 1. The molecule has 1 fully saturated rings. The highest BCUT2D eigenvalue weighted by Gasteiger charge is 2.23. The highest BCUT2D eigenvalue weighted by atomic mass is 16.2. The minimum Gasteiger partial charge on any atom is -0.352 e. The Morgan fingerprint density at radius 1 is 1.28 bits per heavy atom. The summed E-state index contributed by atoms with van der Waals surface area (Å²) >= 11 is 0. The summed E-state index contributed by atoms with van der Waals surface area (Å²) in [6.45, 7) is 2.88. The molecule has 0 radical (unpaired) electrons. The molecule has 0 aromatic carbocycles. The van der Waals surface area contributed by atoms with Crippen LogP contribution in [0.5, 0.6) is 0 Å². The van der Waals surface area contributed by atoms with E-state index in [9.17, 15) is 9.59 Å². The van der Waals surface area contributed by atoms with E-state index in [1.54, 1.807) is 0 Å². The average Bonchev–Trinajstić information content (AvgIpc) is 3.15. The number of hydrogen-bond donors (Lipinski definition) is 3. The van der Waals surface area contributed by atoms with Crippen molar-refractivity contribution in [2.45, 2.75) is 51.5 Å². The molecule has 104 valence electrons. The lowest BCUT2D eigenvalue weighted by molar-refractivity contribution is -0.126. The van der Waals surface area contributed by atoms with Gasteiger partial charge in [-0.2, -0.15) is 0 Å². The van der Waals surface area contributed by atoms with E-state index in [4.69, 9.17) is 5.73 Å². The summed E-state index contributed by atoms with van der Waals surface area (Å²) < 4.78 is 0. The van der Waals surface area contributed by atoms with Crippen molar-refractivity contribution in [3.8, 4) is 0 Å². The first-order chi connectivity index (χ1) is 8.65. The molecule has 0 aromatic rings. The third-order valence-electron chi connectivity index (χ3n) is 3.32. The Bertz CT molecular complexity index is 277. The highest BCUT2D eigenvalue weighted by molar-refractivity contribution is 5.84. The zero-order valence-corrected chi connectivity index (χ0v) is 11.2. The molecule has 1 atom stereocenters. The number of rotatable bonds is 9. The monoisotopic (exact) mass is 255 g/mol. The van der Waals surface area contributed by atoms with Gasteiger partial charge in [0.25, 0.3) is 0 Å². The minimum atomic E-state index is -0.0835. The van der Waals surface area contributed by atoms with Gasteiger partial charge in [-0.25, -0.2) is 0 Å². The van der Waals surface area contributed by atoms with E-state index in [-0.39, 0.29) is 18.4 Å². The lowest BCUT2D eigenvalue weighted by Crippen LogP contribution is -2.37. The quantitative estimate of drug-likeness (QED) is 0.562. The molecule has 5 nitrogen and oxygen atoms in total. The summed E-state index contributed by atoms with van der Waals surface area (Å²) in [5, 5.41) is 5.49. The van der Waals surface area contributed by atoms with Crippen molar-refractivity contribution in [1.82, 2.24) is 10.6 Å². The van der Waals surface area contributed by atoms with Crippen LogP contribution in [0.15, 0.2) is 0 Å². The maximum absolute atomic E-state index is 11.6. The molecule has 2 amide bonds. The van der Waals surface area contributed by atoms with Crippen molar-refractivity contribution in [2.24, 2.45) is 11.7 Å². The molecular weight excluding hydrogens is 230 g/mol. The molecule has 0 aliphatic heterocycles. The molecule has 1 aliphatic carbocycles. The van der Waals surface area contributed by atoms with Gasteiger partial charge in [-0.1, -0.05) is 13.3 Å². The van der Waals surface area contributed by atoms with Gasteiger partial charge in [0, 0.05) is 12.5 Å². The normalized spacial score (nSPS) is 16.1. The fraction of sp³-hybridized carbons (Fsp3) is 0.846. The van der Waals surface area contributed by atoms with Crippen LogP contribution in [-0.2, 0) is 9.59 Å². The van der Waals surface area contributed by atoms with Crippen LogP contribution in [0.3, 0.4) is 0 Å². The molecular formula is C13H25N3O2. The van der Waals surface area contributed by atoms with Gasteiger partial charge in [-0.15, -0.1) is 0 Å². The topological polar surface area (TPSA) is 84.2 Å². The molecule has 1 rings (SSSR count). The van der Waals surface area contributed by atoms with Gasteiger partial charge in [0.15, 0.2) is 0 Å². The molecule has 4 N–H and O–H groups in total. The van der Waals surface area contributed by atoms with Gasteiger partial charge in [0.2, 0.25) is 11.8 Å². The maximum atomic E-state index is 11.6. The predicted octanol–water partition coefficient (Wildman–Crippen LogP) is 0.536. The summed E-state index contributed by atoms with van der Waals surface area (Å²) in [7, 11) is 0. The number of nitrogens with one attached hydrogen (secondary N) is 2. The summed E-state index contributed by atoms with van der Waals surface area (Å²) in [5.74, 6) is 0.386. The molecule has 18 heavy (non-hydrogen) atoms. The number of hydrogen-bond acceptors (Lipinski definition) is 3. The Kier molecular flexibility index (Phi) is 6.72. The van der Waals surface area contributed by atoms with E-state index in [0.717, 1.165) is 32.1 Å². The van der Waals surface area contributed by atoms with E-state index in [2.05, 4.69) is 17.6 Å². The van der Waals surface area contributed by atoms with Gasteiger partial charge in [-0.3, -0.25) is 9.59 Å². The first-order valence-electron chi connectivity index (χ1n) is 6.91. The smallest absolute Gasteiger partial charge is 0.239 e. The molecule has 1 unspecified atom stereocenters. The molecule has 1 aliphatic rings. The highest BCUT2D eigenvalue weighted by Crippen LogP contribution is 2.18. The first kappa shape index (κ1) is 15.0. The summed E-state index contributed by atoms with van der Waals surface area (Å²) in [6, 6.07) is 0.350. The molecule has 5 heteroatoms. The van der Waals surface area contributed by atoms with Crippen LogP contribution < -0.4 is 16.4 Å². The van der Waals surface area contributed by atoms with Crippen molar-refractivity contribution in [3.05, 3.63) is 0 Å². The summed E-state index contributed by atoms with van der Waals surface area (Å²) in [5.41, 5.74) is 5.51. The lowest BCUT2D eigenvalue weighted by atomic mass is 9.96. The number of carbonyl (C=O) groups is 2. The van der Waals surface area contributed by atoms with Crippen molar-refractivity contribution in [2.75, 3.05) is 13.1 Å². The van der Waals surface area contributed by atoms with E-state index < -0.39 is 0 Å². The number of amides is 2. The van der Waals surface area contributed by atoms with E-state index in [1.165, 1.54) is 0 Å². The van der Waals surface area contributed by atoms with E-state index in [1.807, 2.05) is 0 Å². The van der Waals surface area contributed by atoms with Crippen molar-refractivity contribution in [3.63, 3.8) is 0 Å². The van der Waals surface area contributed by atoms with E-state index >= 15 is 0 Å². The Morgan fingerprint density at radius 3 is 2.56 bits per heavy atom. The molecule has 1 saturated carbocycles. The van der Waals surface area contributed by atoms with Gasteiger partial charge in [-0.05, 0) is 38.1 Å². The zero-order valence-electron chi connectivity index (χ0n) is 11.2. The van der Waals surface area contributed by atoms with Crippen molar-refractivity contribution < 1.29 is 9.59 Å². The Labute approximate surface area is 109 Å². The SMILES string of the molecule is CCC(CCN)CCC(=O)NCC(=O)NC1CC1. The second kappa shape index (κ2) is 8.08. The lowest BCUT2D eigenvalue weighted by Gasteiger charge is -2.13. The van der Waals surface area contributed by atoms with Crippen LogP contribution in [0.1, 0.15) is 45.4 Å². The third kappa shape index (κ3) is 6.59. The van der Waals surface area contributed by atoms with Crippen LogP contribution in [0.25, 0.3) is 0 Å². The minimum absolute atomic E-state index is 0.0450. The van der Waals surface area contributed by atoms with Crippen molar-refractivity contribution >= 4 is 11.8 Å². The van der Waals surface area contributed by atoms with Crippen LogP contribution in [0, 0.1) is 5.92 Å². The molecule has 0 spiro atoms. The Hall–Kier alpha value is -1.10. The standard InChI is InChI=1S/C13H25N3O2/c1-2-10(7-8-14)3-6-12(17)15-9-13(18)16-11-4-5-11/h10-11H,2-9,14H2,1H3,(H,15,17)(H,16,18). The van der Waals surface area contributed by atoms with Gasteiger partial charge in [0.05, 0.1) is 6.54 Å². The van der Waals surface area contributed by atoms with Gasteiger partial charge in [0.1, 0.15) is 0 Å². The zero-order chi connectivity index (χ0) is 13.4. The molecule has 0 bridgehead atoms. The molecule has 0 heterocycles. The summed E-state index contributed by atoms with van der Waals surface area (Å²) in [4.78, 5) is 22.9. The second-order valence-corrected chi connectivity index (χ2v) is 5.01. The van der Waals surface area contributed by atoms with Gasteiger partial charge < -0.3 is 16.4 Å². The van der Waals surface area contributed by atoms with Crippen LogP contribution in [0.4, 0.5) is 0 Å². The average molecular weight is 255 g/mol. The molecule has 0 aromatic heterocycles. The Morgan fingerprint density at radius 2 is 2.00 bits per heavy atom. The third-order valence-corrected chi connectivity index (χ3v) is 3.32. The maximum Gasteiger partial charge on any atom is 0.239 e. The molecule has 0 saturated heterocycles. The number of carbonyl (C=O) groups excluding carboxylic acids is 2. The fourth-order valence-electron chi connectivity index (χ4n) is 1.90.